The molecule has 2 aliphatic heterocycles. The zero-order valence-corrected chi connectivity index (χ0v) is 25.2. The van der Waals surface area contributed by atoms with Crippen molar-refractivity contribution in [3.05, 3.63) is 24.3 Å². The van der Waals surface area contributed by atoms with Gasteiger partial charge in [-0.25, -0.2) is 0 Å². The number of carbonyl (C=O) groups is 5. The third-order valence-electron chi connectivity index (χ3n) is 6.08. The van der Waals surface area contributed by atoms with E-state index in [4.69, 9.17) is 9.47 Å². The van der Waals surface area contributed by atoms with E-state index in [1.807, 2.05) is 0 Å². The molecule has 3 atom stereocenters. The number of rotatable bonds is 14. The van der Waals surface area contributed by atoms with Crippen molar-refractivity contribution < 1.29 is 48.8 Å². The Bertz CT molecular complexity index is 1060. The predicted molar refractivity (Wildman–Crippen MR) is 148 cm³/mol. The van der Waals surface area contributed by atoms with Crippen LogP contribution in [0.25, 0.3) is 0 Å². The lowest BCUT2D eigenvalue weighted by Gasteiger charge is -2.39. The number of esters is 2. The smallest absolute Gasteiger partial charge is 0.308 e. The zero-order chi connectivity index (χ0) is 31.8. The summed E-state index contributed by atoms with van der Waals surface area (Å²) in [6.45, 7) is 9.52. The predicted octanol–water partition coefficient (Wildman–Crippen LogP) is 0.0278. The van der Waals surface area contributed by atoms with Crippen molar-refractivity contribution in [2.24, 2.45) is 0 Å². The van der Waals surface area contributed by atoms with Gasteiger partial charge >= 0.3 is 11.9 Å². The van der Waals surface area contributed by atoms with Gasteiger partial charge in [-0.3, -0.25) is 29.0 Å². The molecule has 14 heteroatoms. The molecule has 0 saturated heterocycles. The molecule has 3 unspecified atom stereocenters. The molecule has 3 amide bonds. The second-order valence-electron chi connectivity index (χ2n) is 12.0. The van der Waals surface area contributed by atoms with E-state index in [9.17, 15) is 39.3 Å². The molecule has 2 heterocycles. The van der Waals surface area contributed by atoms with E-state index in [0.717, 1.165) is 14.8 Å². The second kappa shape index (κ2) is 14.7. The molecule has 0 bridgehead atoms. The van der Waals surface area contributed by atoms with Gasteiger partial charge in [0.1, 0.15) is 29.9 Å². The van der Waals surface area contributed by atoms with Gasteiger partial charge in [0.05, 0.1) is 12.8 Å². The van der Waals surface area contributed by atoms with Crippen LogP contribution in [0.15, 0.2) is 24.3 Å². The van der Waals surface area contributed by atoms with Crippen LogP contribution >= 0.6 is 0 Å². The van der Waals surface area contributed by atoms with Crippen molar-refractivity contribution in [1.29, 1.82) is 0 Å². The minimum absolute atomic E-state index is 0.0780. The standard InChI is InChI=1S/C28H44N4O10/c1-27(2,3)41-25(39)13-17-31(23(37)11-15-29-19(33)7-8-20(29)34)32(18-14-26(40)42-28(4,5)6)24(38)12-16-30-21(35)9-10-22(30)36/h7-10,19,21,23,33,35,37H,11-18H2,1-6H3. The molecule has 0 radical (unpaired) electrons. The van der Waals surface area contributed by atoms with Gasteiger partial charge in [-0.2, -0.15) is 5.01 Å². The topological polar surface area (TPSA) is 177 Å². The maximum absolute atomic E-state index is 13.5. The Balaban J connectivity index is 2.27. The number of amides is 3. The number of aliphatic hydroxyl groups is 3. The summed E-state index contributed by atoms with van der Waals surface area (Å²) < 4.78 is 10.7. The summed E-state index contributed by atoms with van der Waals surface area (Å²) in [4.78, 5) is 64.9. The molecule has 0 fully saturated rings. The Morgan fingerprint density at radius 2 is 1.26 bits per heavy atom. The fourth-order valence-electron chi connectivity index (χ4n) is 4.25. The Labute approximate surface area is 246 Å². The zero-order valence-electron chi connectivity index (χ0n) is 25.2. The van der Waals surface area contributed by atoms with Gasteiger partial charge in [-0.1, -0.05) is 0 Å². The highest BCUT2D eigenvalue weighted by Gasteiger charge is 2.33. The summed E-state index contributed by atoms with van der Waals surface area (Å²) in [5.41, 5.74) is -1.55. The molecule has 236 valence electrons. The number of hydrogen-bond acceptors (Lipinski definition) is 11. The summed E-state index contributed by atoms with van der Waals surface area (Å²) in [7, 11) is 0. The Hall–Kier alpha value is -3.33. The average molecular weight is 597 g/mol. The highest BCUT2D eigenvalue weighted by Crippen LogP contribution is 2.18. The van der Waals surface area contributed by atoms with Crippen molar-refractivity contribution in [3.8, 4) is 0 Å². The lowest BCUT2D eigenvalue weighted by molar-refractivity contribution is -0.182. The fourth-order valence-corrected chi connectivity index (χ4v) is 4.25. The molecule has 42 heavy (non-hydrogen) atoms. The quantitative estimate of drug-likeness (QED) is 0.140. The van der Waals surface area contributed by atoms with Gasteiger partial charge in [0.2, 0.25) is 17.7 Å². The average Bonchev–Trinajstić information content (AvgIpc) is 3.34. The third kappa shape index (κ3) is 11.2. The lowest BCUT2D eigenvalue weighted by Crippen LogP contribution is -2.54. The highest BCUT2D eigenvalue weighted by molar-refractivity contribution is 5.91. The molecule has 0 saturated carbocycles. The van der Waals surface area contributed by atoms with Crippen LogP contribution < -0.4 is 0 Å². The number of aliphatic hydroxyl groups excluding tert-OH is 3. The van der Waals surface area contributed by atoms with Crippen molar-refractivity contribution in [2.75, 3.05) is 26.2 Å². The molecule has 0 aromatic rings. The van der Waals surface area contributed by atoms with Crippen LogP contribution in [0.5, 0.6) is 0 Å². The van der Waals surface area contributed by atoms with Crippen molar-refractivity contribution in [1.82, 2.24) is 19.8 Å². The SMILES string of the molecule is CC(C)(C)OC(=O)CCN(C(=O)CCN1C(=O)C=CC1O)N(CCC(=O)OC(C)(C)C)C(O)CCN1C(=O)C=CC1O. The van der Waals surface area contributed by atoms with E-state index >= 15 is 0 Å². The molecular formula is C28H44N4O10. The highest BCUT2D eigenvalue weighted by atomic mass is 16.6. The number of ether oxygens (including phenoxy) is 2. The minimum atomic E-state index is -1.43. The van der Waals surface area contributed by atoms with Gasteiger partial charge in [0.15, 0.2) is 0 Å². The van der Waals surface area contributed by atoms with E-state index in [1.165, 1.54) is 29.3 Å². The van der Waals surface area contributed by atoms with Gasteiger partial charge < -0.3 is 34.6 Å². The monoisotopic (exact) mass is 596 g/mol. The summed E-state index contributed by atoms with van der Waals surface area (Å²) in [5, 5.41) is 33.6. The summed E-state index contributed by atoms with van der Waals surface area (Å²) in [6, 6.07) is 0. The number of hydrazine groups is 1. The molecular weight excluding hydrogens is 552 g/mol. The first-order valence-corrected chi connectivity index (χ1v) is 13.9. The van der Waals surface area contributed by atoms with Crippen LogP contribution in [0.1, 0.15) is 67.2 Å². The summed E-state index contributed by atoms with van der Waals surface area (Å²) in [5.74, 6) is -2.72. The fraction of sp³-hybridized carbons (Fsp3) is 0.679. The van der Waals surface area contributed by atoms with Crippen LogP contribution in [0, 0.1) is 0 Å². The van der Waals surface area contributed by atoms with Gasteiger partial charge in [0.25, 0.3) is 0 Å². The largest absolute Gasteiger partial charge is 0.460 e. The normalized spacial score (nSPS) is 19.6. The van der Waals surface area contributed by atoms with Crippen molar-refractivity contribution in [2.45, 2.75) is 97.1 Å². The van der Waals surface area contributed by atoms with Gasteiger partial charge in [-0.15, -0.1) is 0 Å². The van der Waals surface area contributed by atoms with E-state index in [-0.39, 0.29) is 51.9 Å². The summed E-state index contributed by atoms with van der Waals surface area (Å²) in [6.07, 6.45) is 0.313. The summed E-state index contributed by atoms with van der Waals surface area (Å²) >= 11 is 0. The van der Waals surface area contributed by atoms with E-state index in [2.05, 4.69) is 0 Å². The molecule has 14 nitrogen and oxygen atoms in total. The number of hydrogen-bond donors (Lipinski definition) is 3. The van der Waals surface area contributed by atoms with E-state index < -0.39 is 59.5 Å². The molecule has 3 N–H and O–H groups in total. The van der Waals surface area contributed by atoms with Crippen molar-refractivity contribution in [3.63, 3.8) is 0 Å². The van der Waals surface area contributed by atoms with Crippen LogP contribution in [0.3, 0.4) is 0 Å². The minimum Gasteiger partial charge on any atom is -0.460 e. The second-order valence-corrected chi connectivity index (χ2v) is 12.0. The molecule has 0 spiro atoms. The van der Waals surface area contributed by atoms with E-state index in [1.54, 1.807) is 41.5 Å². The van der Waals surface area contributed by atoms with Crippen molar-refractivity contribution >= 4 is 29.7 Å². The van der Waals surface area contributed by atoms with Crippen LogP contribution in [-0.4, -0.2) is 121 Å². The molecule has 2 aliphatic rings. The molecule has 2 rings (SSSR count). The number of carbonyl (C=O) groups excluding carboxylic acids is 5. The Kier molecular flexibility index (Phi) is 12.2. The van der Waals surface area contributed by atoms with E-state index in [0.29, 0.717) is 0 Å². The van der Waals surface area contributed by atoms with Gasteiger partial charge in [0, 0.05) is 51.2 Å². The first kappa shape index (κ1) is 34.9. The molecule has 0 aromatic carbocycles. The first-order valence-electron chi connectivity index (χ1n) is 13.9. The van der Waals surface area contributed by atoms with Gasteiger partial charge in [-0.05, 0) is 53.7 Å². The molecule has 0 aromatic heterocycles. The maximum atomic E-state index is 13.5. The Morgan fingerprint density at radius 3 is 1.69 bits per heavy atom. The lowest BCUT2D eigenvalue weighted by atomic mass is 10.2. The number of nitrogens with zero attached hydrogens (tertiary/aromatic N) is 4. The molecule has 0 aliphatic carbocycles. The van der Waals surface area contributed by atoms with Crippen LogP contribution in [0.4, 0.5) is 0 Å². The maximum Gasteiger partial charge on any atom is 0.308 e. The third-order valence-corrected chi connectivity index (χ3v) is 6.08. The van der Waals surface area contributed by atoms with Crippen LogP contribution in [0.2, 0.25) is 0 Å². The van der Waals surface area contributed by atoms with Crippen LogP contribution in [-0.2, 0) is 33.4 Å². The Morgan fingerprint density at radius 1 is 0.810 bits per heavy atom. The first-order chi connectivity index (χ1) is 19.4.